The molecule has 0 aromatic carbocycles. The Morgan fingerprint density at radius 3 is 2.00 bits per heavy atom. The van der Waals surface area contributed by atoms with Crippen LogP contribution in [0.1, 0.15) is 20.8 Å². The molecule has 5 nitrogen and oxygen atoms in total. The molecule has 0 rings (SSSR count). The van der Waals surface area contributed by atoms with Crippen molar-refractivity contribution >= 4 is 17.7 Å². The molecule has 0 aliphatic rings. The van der Waals surface area contributed by atoms with Crippen LogP contribution in [0.5, 0.6) is 0 Å². The molecule has 0 aromatic rings. The second kappa shape index (κ2) is 5.16. The van der Waals surface area contributed by atoms with E-state index in [0.29, 0.717) is 5.57 Å². The molecule has 0 spiro atoms. The summed E-state index contributed by atoms with van der Waals surface area (Å²) in [6, 6.07) is 0. The number of Topliss-reactive ketones (excluding diaryl/α,β-unsaturated/α-hetero) is 1. The number of nitrogens with zero attached hydrogens (tertiary/aromatic N) is 1. The molecule has 0 heterocycles. The minimum absolute atomic E-state index is 0.193. The first-order valence-corrected chi connectivity index (χ1v) is 4.03. The topological polar surface area (TPSA) is 74.7 Å². The summed E-state index contributed by atoms with van der Waals surface area (Å²) in [4.78, 5) is 33.1. The van der Waals surface area contributed by atoms with Gasteiger partial charge in [-0.05, 0) is 13.8 Å². The van der Waals surface area contributed by atoms with Crippen molar-refractivity contribution in [3.05, 3.63) is 11.8 Å². The average Bonchev–Trinajstić information content (AvgIpc) is 2.01. The fourth-order valence-electron chi connectivity index (χ4n) is 0.718. The highest BCUT2D eigenvalue weighted by atomic mass is 16.4. The van der Waals surface area contributed by atoms with Crippen molar-refractivity contribution in [1.82, 2.24) is 4.90 Å². The molecule has 1 N–H and O–H groups in total. The van der Waals surface area contributed by atoms with Gasteiger partial charge in [-0.3, -0.25) is 14.4 Å². The Balaban J connectivity index is 4.68. The molecule has 0 aromatic heterocycles. The highest BCUT2D eigenvalue weighted by molar-refractivity contribution is 5.93. The number of hydrogen-bond donors (Lipinski definition) is 1. The Morgan fingerprint density at radius 2 is 1.71 bits per heavy atom. The first-order valence-electron chi connectivity index (χ1n) is 4.03. The van der Waals surface area contributed by atoms with E-state index in [9.17, 15) is 14.4 Å². The number of hydrogen-bond acceptors (Lipinski definition) is 3. The minimum Gasteiger partial charge on any atom is -0.480 e. The van der Waals surface area contributed by atoms with Gasteiger partial charge in [-0.15, -0.1) is 0 Å². The molecular weight excluding hydrogens is 186 g/mol. The number of carboxylic acid groups (broad SMARTS) is 1. The molecule has 0 saturated heterocycles. The third-order valence-electron chi connectivity index (χ3n) is 1.61. The van der Waals surface area contributed by atoms with E-state index in [1.165, 1.54) is 27.0 Å². The van der Waals surface area contributed by atoms with E-state index in [4.69, 9.17) is 5.11 Å². The Labute approximate surface area is 82.0 Å². The number of allylic oxidation sites excluding steroid dienone is 1. The minimum atomic E-state index is -1.12. The monoisotopic (exact) mass is 199 g/mol. The second-order valence-electron chi connectivity index (χ2n) is 2.91. The van der Waals surface area contributed by atoms with E-state index < -0.39 is 18.4 Å². The molecule has 0 aliphatic carbocycles. The predicted octanol–water partition coefficient (Wildman–Crippen LogP) is 0.412. The van der Waals surface area contributed by atoms with Crippen LogP contribution < -0.4 is 0 Å². The van der Waals surface area contributed by atoms with Crippen molar-refractivity contribution in [2.75, 3.05) is 6.54 Å². The van der Waals surface area contributed by atoms with Crippen LogP contribution >= 0.6 is 0 Å². The zero-order chi connectivity index (χ0) is 11.3. The molecule has 0 saturated carbocycles. The van der Waals surface area contributed by atoms with Gasteiger partial charge < -0.3 is 10.0 Å². The fourth-order valence-corrected chi connectivity index (χ4v) is 0.718. The number of amides is 1. The van der Waals surface area contributed by atoms with Crippen LogP contribution in [0, 0.1) is 0 Å². The number of carboxylic acids is 1. The van der Waals surface area contributed by atoms with E-state index in [0.717, 1.165) is 4.90 Å². The van der Waals surface area contributed by atoms with Crippen LogP contribution in [0.4, 0.5) is 0 Å². The van der Waals surface area contributed by atoms with Crippen molar-refractivity contribution < 1.29 is 19.5 Å². The van der Waals surface area contributed by atoms with Crippen LogP contribution in [-0.4, -0.2) is 34.2 Å². The fraction of sp³-hybridized carbons (Fsp3) is 0.444. The lowest BCUT2D eigenvalue weighted by molar-refractivity contribution is -0.142. The maximum atomic E-state index is 10.9. The molecule has 0 unspecified atom stereocenters. The number of ketones is 1. The lowest BCUT2D eigenvalue weighted by Crippen LogP contribution is -2.29. The van der Waals surface area contributed by atoms with Crippen LogP contribution in [0.3, 0.4) is 0 Å². The summed E-state index contributed by atoms with van der Waals surface area (Å²) in [5.74, 6) is -1.72. The summed E-state index contributed by atoms with van der Waals surface area (Å²) in [6.07, 6.45) is 1.25. The second-order valence-corrected chi connectivity index (χ2v) is 2.91. The first-order chi connectivity index (χ1) is 6.34. The lowest BCUT2D eigenvalue weighted by atomic mass is 10.2. The smallest absolute Gasteiger partial charge is 0.323 e. The number of carbonyl (C=O) groups excluding carboxylic acids is 2. The third kappa shape index (κ3) is 4.39. The molecule has 0 fully saturated rings. The Hall–Kier alpha value is -1.65. The number of carbonyl (C=O) groups is 3. The molecule has 0 aliphatic heterocycles. The van der Waals surface area contributed by atoms with Gasteiger partial charge in [0.05, 0.1) is 0 Å². The molecular formula is C9H13NO4. The van der Waals surface area contributed by atoms with Crippen molar-refractivity contribution in [1.29, 1.82) is 0 Å². The summed E-state index contributed by atoms with van der Waals surface area (Å²) in [7, 11) is 0. The number of rotatable bonds is 4. The van der Waals surface area contributed by atoms with Gasteiger partial charge in [0.25, 0.3) is 0 Å². The van der Waals surface area contributed by atoms with E-state index in [2.05, 4.69) is 0 Å². The van der Waals surface area contributed by atoms with E-state index in [1.807, 2.05) is 0 Å². The van der Waals surface area contributed by atoms with Crippen molar-refractivity contribution in [3.63, 3.8) is 0 Å². The van der Waals surface area contributed by atoms with E-state index in [1.54, 1.807) is 0 Å². The predicted molar refractivity (Wildman–Crippen MR) is 49.5 cm³/mol. The van der Waals surface area contributed by atoms with Gasteiger partial charge >= 0.3 is 5.97 Å². The van der Waals surface area contributed by atoms with Gasteiger partial charge in [0.15, 0.2) is 5.78 Å². The summed E-state index contributed by atoms with van der Waals surface area (Å²) in [6.45, 7) is 3.69. The van der Waals surface area contributed by atoms with Crippen molar-refractivity contribution in [3.8, 4) is 0 Å². The molecule has 14 heavy (non-hydrogen) atoms. The zero-order valence-corrected chi connectivity index (χ0v) is 8.40. The lowest BCUT2D eigenvalue weighted by Gasteiger charge is -2.14. The third-order valence-corrected chi connectivity index (χ3v) is 1.61. The van der Waals surface area contributed by atoms with Crippen LogP contribution in [0.25, 0.3) is 0 Å². The molecule has 5 heteroatoms. The summed E-state index contributed by atoms with van der Waals surface area (Å²) in [5.41, 5.74) is 0.349. The van der Waals surface area contributed by atoms with Crippen LogP contribution in [-0.2, 0) is 14.4 Å². The van der Waals surface area contributed by atoms with E-state index >= 15 is 0 Å². The zero-order valence-electron chi connectivity index (χ0n) is 8.40. The quantitative estimate of drug-likeness (QED) is 0.665. The van der Waals surface area contributed by atoms with Gasteiger partial charge in [-0.25, -0.2) is 0 Å². The van der Waals surface area contributed by atoms with Gasteiger partial charge in [0, 0.05) is 18.7 Å². The summed E-state index contributed by atoms with van der Waals surface area (Å²) in [5, 5.41) is 8.48. The van der Waals surface area contributed by atoms with Crippen LogP contribution in [0.15, 0.2) is 11.8 Å². The summed E-state index contributed by atoms with van der Waals surface area (Å²) < 4.78 is 0. The maximum absolute atomic E-state index is 10.9. The largest absolute Gasteiger partial charge is 0.480 e. The van der Waals surface area contributed by atoms with E-state index in [-0.39, 0.29) is 5.78 Å². The van der Waals surface area contributed by atoms with Gasteiger partial charge in [0.2, 0.25) is 5.91 Å². The van der Waals surface area contributed by atoms with Crippen LogP contribution in [0.2, 0.25) is 0 Å². The molecule has 78 valence electrons. The number of aliphatic carboxylic acids is 1. The van der Waals surface area contributed by atoms with Gasteiger partial charge in [-0.1, -0.05) is 0 Å². The highest BCUT2D eigenvalue weighted by Crippen LogP contribution is 1.99. The normalized spacial score (nSPS) is 10.9. The van der Waals surface area contributed by atoms with Crippen molar-refractivity contribution in [2.45, 2.75) is 20.8 Å². The van der Waals surface area contributed by atoms with Gasteiger partial charge in [0.1, 0.15) is 6.54 Å². The maximum Gasteiger partial charge on any atom is 0.323 e. The molecule has 0 radical (unpaired) electrons. The first kappa shape index (κ1) is 12.3. The molecule has 1 amide bonds. The van der Waals surface area contributed by atoms with Crippen molar-refractivity contribution in [2.24, 2.45) is 0 Å². The standard InChI is InChI=1S/C9H13NO4/c1-6(7(2)11)4-10(8(3)12)5-9(13)14/h4H,5H2,1-3H3,(H,13,14)/b6-4-. The average molecular weight is 199 g/mol. The highest BCUT2D eigenvalue weighted by Gasteiger charge is 2.11. The molecule has 0 bridgehead atoms. The molecule has 0 atom stereocenters. The Bertz CT molecular complexity index is 293. The summed E-state index contributed by atoms with van der Waals surface area (Å²) >= 11 is 0. The van der Waals surface area contributed by atoms with Gasteiger partial charge in [-0.2, -0.15) is 0 Å². The SMILES string of the molecule is CC(=O)/C(C)=C\N(CC(=O)O)C(C)=O. The Morgan fingerprint density at radius 1 is 1.21 bits per heavy atom. The Kier molecular flexibility index (Phi) is 4.55.